The smallest absolute Gasteiger partial charge is 0.191 e. The lowest BCUT2D eigenvalue weighted by atomic mass is 9.85. The van der Waals surface area contributed by atoms with E-state index in [-0.39, 0.29) is 11.8 Å². The van der Waals surface area contributed by atoms with Gasteiger partial charge in [0.2, 0.25) is 0 Å². The zero-order chi connectivity index (χ0) is 14.9. The summed E-state index contributed by atoms with van der Waals surface area (Å²) in [6, 6.07) is 0.561. The molecule has 3 fully saturated rings. The third-order valence-corrected chi connectivity index (χ3v) is 6.98. The van der Waals surface area contributed by atoms with Gasteiger partial charge in [0.05, 0.1) is 11.5 Å². The van der Waals surface area contributed by atoms with Crippen molar-refractivity contribution < 1.29 is 8.42 Å². The van der Waals surface area contributed by atoms with Gasteiger partial charge in [-0.3, -0.25) is 4.99 Å². The van der Waals surface area contributed by atoms with Gasteiger partial charge in [0.25, 0.3) is 0 Å². The Morgan fingerprint density at radius 1 is 1.10 bits per heavy atom. The zero-order valence-corrected chi connectivity index (χ0v) is 13.7. The number of nitrogens with one attached hydrogen (secondary N) is 2. The predicted molar refractivity (Wildman–Crippen MR) is 85.2 cm³/mol. The van der Waals surface area contributed by atoms with Gasteiger partial charge in [0.1, 0.15) is 0 Å². The van der Waals surface area contributed by atoms with E-state index < -0.39 is 9.84 Å². The van der Waals surface area contributed by atoms with Crippen LogP contribution in [0.25, 0.3) is 0 Å². The quantitative estimate of drug-likeness (QED) is 0.609. The van der Waals surface area contributed by atoms with Crippen LogP contribution >= 0.6 is 0 Å². The normalized spacial score (nSPS) is 36.4. The van der Waals surface area contributed by atoms with Crippen LogP contribution in [0.4, 0.5) is 0 Å². The molecular weight excluding hydrogens is 286 g/mol. The molecule has 21 heavy (non-hydrogen) atoms. The highest BCUT2D eigenvalue weighted by molar-refractivity contribution is 7.91. The number of rotatable bonds is 3. The third kappa shape index (κ3) is 3.90. The van der Waals surface area contributed by atoms with Gasteiger partial charge in [-0.25, -0.2) is 8.42 Å². The highest BCUT2D eigenvalue weighted by atomic mass is 32.2. The monoisotopic (exact) mass is 313 g/mol. The molecule has 5 nitrogen and oxygen atoms in total. The van der Waals surface area contributed by atoms with E-state index in [0.29, 0.717) is 18.2 Å². The van der Waals surface area contributed by atoms with Gasteiger partial charge in [-0.15, -0.1) is 0 Å². The van der Waals surface area contributed by atoms with Crippen molar-refractivity contribution in [2.75, 3.05) is 18.6 Å². The second-order valence-corrected chi connectivity index (χ2v) is 9.09. The van der Waals surface area contributed by atoms with Crippen LogP contribution in [-0.4, -0.2) is 45.0 Å². The summed E-state index contributed by atoms with van der Waals surface area (Å²) in [5.41, 5.74) is 0. The number of nitrogens with zero attached hydrogens (tertiary/aromatic N) is 1. The lowest BCUT2D eigenvalue weighted by Crippen LogP contribution is -2.45. The summed E-state index contributed by atoms with van der Waals surface area (Å²) in [6.07, 6.45) is 8.89. The van der Waals surface area contributed by atoms with Gasteiger partial charge in [0, 0.05) is 19.1 Å². The molecule has 0 unspecified atom stereocenters. The standard InChI is InChI=1S/C15H27N3O2S/c1-16-15(17-12-7-8-21(19,20)10-12)18-14-9-13(14)11-5-3-2-4-6-11/h11-14H,2-10H2,1H3,(H2,16,17,18)/t12-,13+,14-/m1/s1. The second-order valence-electron chi connectivity index (χ2n) is 6.86. The lowest BCUT2D eigenvalue weighted by Gasteiger charge is -2.22. The maximum absolute atomic E-state index is 11.5. The summed E-state index contributed by atoms with van der Waals surface area (Å²) in [5, 5.41) is 6.76. The second kappa shape index (κ2) is 6.15. The molecule has 1 aliphatic heterocycles. The van der Waals surface area contributed by atoms with E-state index in [1.54, 1.807) is 7.05 Å². The van der Waals surface area contributed by atoms with Crippen LogP contribution in [0.5, 0.6) is 0 Å². The van der Waals surface area contributed by atoms with Gasteiger partial charge in [0.15, 0.2) is 15.8 Å². The molecule has 1 saturated heterocycles. The molecule has 2 aliphatic carbocycles. The van der Waals surface area contributed by atoms with E-state index in [1.165, 1.54) is 38.5 Å². The number of sulfone groups is 1. The molecule has 3 atom stereocenters. The molecule has 1 heterocycles. The highest BCUT2D eigenvalue weighted by Gasteiger charge is 2.43. The van der Waals surface area contributed by atoms with Crippen LogP contribution in [-0.2, 0) is 9.84 Å². The summed E-state index contributed by atoms with van der Waals surface area (Å²) in [6.45, 7) is 0. The van der Waals surface area contributed by atoms with Crippen molar-refractivity contribution in [2.45, 2.75) is 57.0 Å². The fourth-order valence-electron chi connectivity index (χ4n) is 3.91. The lowest BCUT2D eigenvalue weighted by molar-refractivity contribution is 0.315. The Morgan fingerprint density at radius 3 is 2.48 bits per heavy atom. The molecule has 0 aromatic heterocycles. The van der Waals surface area contributed by atoms with E-state index in [1.807, 2.05) is 0 Å². The topological polar surface area (TPSA) is 70.6 Å². The summed E-state index contributed by atoms with van der Waals surface area (Å²) in [5.74, 6) is 3.01. The van der Waals surface area contributed by atoms with Crippen LogP contribution in [0.2, 0.25) is 0 Å². The van der Waals surface area contributed by atoms with Gasteiger partial charge in [-0.05, 0) is 24.7 Å². The van der Waals surface area contributed by atoms with E-state index in [4.69, 9.17) is 0 Å². The zero-order valence-electron chi connectivity index (χ0n) is 12.8. The maximum Gasteiger partial charge on any atom is 0.191 e. The molecule has 3 rings (SSSR count). The van der Waals surface area contributed by atoms with Gasteiger partial charge >= 0.3 is 0 Å². The number of hydrogen-bond acceptors (Lipinski definition) is 3. The first-order valence-corrected chi connectivity index (χ1v) is 10.1. The first kappa shape index (κ1) is 15.1. The highest BCUT2D eigenvalue weighted by Crippen LogP contribution is 2.44. The van der Waals surface area contributed by atoms with E-state index in [9.17, 15) is 8.42 Å². The number of aliphatic imine (C=N–C) groups is 1. The van der Waals surface area contributed by atoms with Crippen molar-refractivity contribution in [1.82, 2.24) is 10.6 Å². The Kier molecular flexibility index (Phi) is 4.43. The van der Waals surface area contributed by atoms with Gasteiger partial charge in [-0.2, -0.15) is 0 Å². The molecule has 6 heteroatoms. The predicted octanol–water partition coefficient (Wildman–Crippen LogP) is 1.31. The SMILES string of the molecule is CN=C(N[C@@H]1CCS(=O)(=O)C1)N[C@@H]1C[C@H]1C1CCCCC1. The van der Waals surface area contributed by atoms with Crippen molar-refractivity contribution in [3.8, 4) is 0 Å². The van der Waals surface area contributed by atoms with Crippen LogP contribution in [0.1, 0.15) is 44.9 Å². The van der Waals surface area contributed by atoms with E-state index >= 15 is 0 Å². The van der Waals surface area contributed by atoms with Crippen molar-refractivity contribution >= 4 is 15.8 Å². The first-order chi connectivity index (χ1) is 10.1. The summed E-state index contributed by atoms with van der Waals surface area (Å²) in [7, 11) is -1.07. The molecule has 0 aromatic rings. The number of hydrogen-bond donors (Lipinski definition) is 2. The van der Waals surface area contributed by atoms with Crippen molar-refractivity contribution in [3.63, 3.8) is 0 Å². The molecule has 0 bridgehead atoms. The van der Waals surface area contributed by atoms with Crippen LogP contribution < -0.4 is 10.6 Å². The van der Waals surface area contributed by atoms with Crippen molar-refractivity contribution in [1.29, 1.82) is 0 Å². The Bertz CT molecular complexity index is 497. The molecule has 2 N–H and O–H groups in total. The summed E-state index contributed by atoms with van der Waals surface area (Å²) >= 11 is 0. The molecule has 3 aliphatic rings. The summed E-state index contributed by atoms with van der Waals surface area (Å²) < 4.78 is 23.0. The van der Waals surface area contributed by atoms with Crippen LogP contribution in [0.3, 0.4) is 0 Å². The first-order valence-electron chi connectivity index (χ1n) is 8.28. The summed E-state index contributed by atoms with van der Waals surface area (Å²) in [4.78, 5) is 4.26. The Morgan fingerprint density at radius 2 is 1.86 bits per heavy atom. The molecule has 0 amide bonds. The van der Waals surface area contributed by atoms with E-state index in [2.05, 4.69) is 15.6 Å². The van der Waals surface area contributed by atoms with Crippen LogP contribution in [0.15, 0.2) is 4.99 Å². The van der Waals surface area contributed by atoms with E-state index in [0.717, 1.165) is 17.8 Å². The Labute approximate surface area is 127 Å². The van der Waals surface area contributed by atoms with Gasteiger partial charge in [-0.1, -0.05) is 32.1 Å². The largest absolute Gasteiger partial charge is 0.353 e. The molecule has 0 radical (unpaired) electrons. The number of guanidine groups is 1. The molecular formula is C15H27N3O2S. The fraction of sp³-hybridized carbons (Fsp3) is 0.933. The Balaban J connectivity index is 1.46. The maximum atomic E-state index is 11.5. The molecule has 120 valence electrons. The van der Waals surface area contributed by atoms with Crippen LogP contribution in [0, 0.1) is 11.8 Å². The average molecular weight is 313 g/mol. The minimum Gasteiger partial charge on any atom is -0.353 e. The fourth-order valence-corrected chi connectivity index (χ4v) is 5.59. The Hall–Kier alpha value is -0.780. The third-order valence-electron chi connectivity index (χ3n) is 5.21. The van der Waals surface area contributed by atoms with Crippen molar-refractivity contribution in [2.24, 2.45) is 16.8 Å². The molecule has 0 aromatic carbocycles. The molecule has 2 saturated carbocycles. The van der Waals surface area contributed by atoms with Crippen molar-refractivity contribution in [3.05, 3.63) is 0 Å². The molecule has 0 spiro atoms. The minimum atomic E-state index is -2.84. The average Bonchev–Trinajstić information content (AvgIpc) is 3.15. The minimum absolute atomic E-state index is 0.0214. The van der Waals surface area contributed by atoms with Gasteiger partial charge < -0.3 is 10.6 Å².